The lowest BCUT2D eigenvalue weighted by Crippen LogP contribution is -2.16. The molecule has 1 aromatic carbocycles. The minimum absolute atomic E-state index is 0.168. The standard InChI is InChI=1S/C17H21N3O3/c1-12-10-16(20(2)19-12)18-17(21)13-5-7-14(8-6-13)23-11-15-4-3-9-22-15/h5-8,10,15H,3-4,9,11H2,1-2H3,(H,18,21)/t15-/m1/s1. The van der Waals surface area contributed by atoms with Gasteiger partial charge >= 0.3 is 0 Å². The van der Waals surface area contributed by atoms with Gasteiger partial charge in [-0.3, -0.25) is 9.48 Å². The predicted octanol–water partition coefficient (Wildman–Crippen LogP) is 2.54. The van der Waals surface area contributed by atoms with E-state index in [-0.39, 0.29) is 12.0 Å². The van der Waals surface area contributed by atoms with Crippen LogP contribution in [0.5, 0.6) is 5.75 Å². The average Bonchev–Trinajstić information content (AvgIpc) is 3.16. The van der Waals surface area contributed by atoms with Crippen molar-refractivity contribution in [1.29, 1.82) is 0 Å². The summed E-state index contributed by atoms with van der Waals surface area (Å²) in [5.41, 5.74) is 1.44. The van der Waals surface area contributed by atoms with Gasteiger partial charge < -0.3 is 14.8 Å². The van der Waals surface area contributed by atoms with Gasteiger partial charge in [-0.25, -0.2) is 0 Å². The van der Waals surface area contributed by atoms with Crippen LogP contribution in [-0.4, -0.2) is 35.0 Å². The Labute approximate surface area is 135 Å². The molecule has 1 N–H and O–H groups in total. The van der Waals surface area contributed by atoms with Gasteiger partial charge in [0, 0.05) is 25.3 Å². The van der Waals surface area contributed by atoms with Crippen LogP contribution in [0.1, 0.15) is 28.9 Å². The quantitative estimate of drug-likeness (QED) is 0.921. The summed E-state index contributed by atoms with van der Waals surface area (Å²) in [5.74, 6) is 1.25. The van der Waals surface area contributed by atoms with Crippen LogP contribution >= 0.6 is 0 Å². The lowest BCUT2D eigenvalue weighted by molar-refractivity contribution is 0.0679. The first kappa shape index (κ1) is 15.6. The fourth-order valence-corrected chi connectivity index (χ4v) is 2.58. The van der Waals surface area contributed by atoms with Crippen LogP contribution in [0.4, 0.5) is 5.82 Å². The van der Waals surface area contributed by atoms with E-state index in [1.54, 1.807) is 36.0 Å². The molecule has 1 atom stereocenters. The molecule has 1 amide bonds. The second-order valence-electron chi connectivity index (χ2n) is 5.72. The van der Waals surface area contributed by atoms with E-state index < -0.39 is 0 Å². The van der Waals surface area contributed by atoms with Crippen molar-refractivity contribution in [1.82, 2.24) is 9.78 Å². The van der Waals surface area contributed by atoms with Crippen molar-refractivity contribution in [3.8, 4) is 5.75 Å². The molecule has 1 aliphatic rings. The highest BCUT2D eigenvalue weighted by atomic mass is 16.5. The molecule has 1 aliphatic heterocycles. The zero-order valence-corrected chi connectivity index (χ0v) is 13.4. The van der Waals surface area contributed by atoms with Crippen LogP contribution in [-0.2, 0) is 11.8 Å². The van der Waals surface area contributed by atoms with Gasteiger partial charge in [-0.15, -0.1) is 0 Å². The van der Waals surface area contributed by atoms with Gasteiger partial charge in [0.1, 0.15) is 18.2 Å². The van der Waals surface area contributed by atoms with Gasteiger partial charge in [0.25, 0.3) is 5.91 Å². The lowest BCUT2D eigenvalue weighted by Gasteiger charge is -2.11. The van der Waals surface area contributed by atoms with Crippen molar-refractivity contribution < 1.29 is 14.3 Å². The maximum absolute atomic E-state index is 12.2. The molecule has 2 heterocycles. The Kier molecular flexibility index (Phi) is 4.62. The van der Waals surface area contributed by atoms with Crippen molar-refractivity contribution in [3.05, 3.63) is 41.6 Å². The third-order valence-electron chi connectivity index (χ3n) is 3.82. The van der Waals surface area contributed by atoms with Crippen LogP contribution in [0.15, 0.2) is 30.3 Å². The second-order valence-corrected chi connectivity index (χ2v) is 5.72. The Bertz CT molecular complexity index is 673. The Hall–Kier alpha value is -2.34. The largest absolute Gasteiger partial charge is 0.491 e. The van der Waals surface area contributed by atoms with Gasteiger partial charge in [0.2, 0.25) is 0 Å². The maximum atomic E-state index is 12.2. The molecule has 0 aliphatic carbocycles. The fourth-order valence-electron chi connectivity index (χ4n) is 2.58. The molecule has 0 spiro atoms. The Morgan fingerprint density at radius 2 is 2.22 bits per heavy atom. The molecule has 1 fully saturated rings. The van der Waals surface area contributed by atoms with Crippen molar-refractivity contribution in [2.24, 2.45) is 7.05 Å². The lowest BCUT2D eigenvalue weighted by atomic mass is 10.2. The number of nitrogens with zero attached hydrogens (tertiary/aromatic N) is 2. The number of ether oxygens (including phenoxy) is 2. The third-order valence-corrected chi connectivity index (χ3v) is 3.82. The molecule has 2 aromatic rings. The normalized spacial score (nSPS) is 17.2. The number of aromatic nitrogens is 2. The van der Waals surface area contributed by atoms with Crippen molar-refractivity contribution in [3.63, 3.8) is 0 Å². The van der Waals surface area contributed by atoms with Crippen LogP contribution in [0, 0.1) is 6.92 Å². The molecule has 6 heteroatoms. The molecule has 23 heavy (non-hydrogen) atoms. The monoisotopic (exact) mass is 315 g/mol. The molecule has 1 saturated heterocycles. The van der Waals surface area contributed by atoms with Gasteiger partial charge in [-0.2, -0.15) is 5.10 Å². The van der Waals surface area contributed by atoms with Crippen LogP contribution in [0.3, 0.4) is 0 Å². The summed E-state index contributed by atoms with van der Waals surface area (Å²) in [6.07, 6.45) is 2.33. The van der Waals surface area contributed by atoms with Crippen molar-refractivity contribution >= 4 is 11.7 Å². The van der Waals surface area contributed by atoms with Crippen LogP contribution in [0.2, 0.25) is 0 Å². The Morgan fingerprint density at radius 1 is 1.43 bits per heavy atom. The summed E-state index contributed by atoms with van der Waals surface area (Å²) in [5, 5.41) is 7.05. The number of anilines is 1. The molecule has 1 aromatic heterocycles. The van der Waals surface area contributed by atoms with Gasteiger partial charge in [0.15, 0.2) is 0 Å². The molecule has 3 rings (SSSR count). The first-order valence-corrected chi connectivity index (χ1v) is 7.78. The Morgan fingerprint density at radius 3 is 2.83 bits per heavy atom. The molecule has 0 bridgehead atoms. The number of aryl methyl sites for hydroxylation is 2. The predicted molar refractivity (Wildman–Crippen MR) is 86.8 cm³/mol. The van der Waals surface area contributed by atoms with E-state index in [1.807, 2.05) is 13.0 Å². The van der Waals surface area contributed by atoms with E-state index in [2.05, 4.69) is 10.4 Å². The van der Waals surface area contributed by atoms with Gasteiger partial charge in [0.05, 0.1) is 11.8 Å². The number of rotatable bonds is 5. The molecule has 0 unspecified atom stereocenters. The molecular formula is C17H21N3O3. The van der Waals surface area contributed by atoms with Crippen LogP contribution in [0.25, 0.3) is 0 Å². The zero-order valence-electron chi connectivity index (χ0n) is 13.4. The first-order valence-electron chi connectivity index (χ1n) is 7.78. The van der Waals surface area contributed by atoms with E-state index in [4.69, 9.17) is 9.47 Å². The molecule has 0 radical (unpaired) electrons. The number of nitrogens with one attached hydrogen (secondary N) is 1. The summed E-state index contributed by atoms with van der Waals surface area (Å²) >= 11 is 0. The third kappa shape index (κ3) is 3.90. The highest BCUT2D eigenvalue weighted by molar-refractivity contribution is 6.03. The van der Waals surface area contributed by atoms with E-state index in [0.29, 0.717) is 18.0 Å². The minimum atomic E-state index is -0.168. The topological polar surface area (TPSA) is 65.4 Å². The molecule has 0 saturated carbocycles. The minimum Gasteiger partial charge on any atom is -0.491 e. The summed E-state index contributed by atoms with van der Waals surface area (Å²) in [7, 11) is 1.80. The number of hydrogen-bond acceptors (Lipinski definition) is 4. The van der Waals surface area contributed by atoms with Crippen molar-refractivity contribution in [2.45, 2.75) is 25.9 Å². The van der Waals surface area contributed by atoms with E-state index >= 15 is 0 Å². The summed E-state index contributed by atoms with van der Waals surface area (Å²) in [4.78, 5) is 12.2. The highest BCUT2D eigenvalue weighted by Gasteiger charge is 2.16. The Balaban J connectivity index is 1.57. The number of carbonyl (C=O) groups excluding carboxylic acids is 1. The smallest absolute Gasteiger partial charge is 0.256 e. The molecular weight excluding hydrogens is 294 g/mol. The highest BCUT2D eigenvalue weighted by Crippen LogP contribution is 2.17. The number of hydrogen-bond donors (Lipinski definition) is 1. The van der Waals surface area contributed by atoms with Crippen LogP contribution < -0.4 is 10.1 Å². The fraction of sp³-hybridized carbons (Fsp3) is 0.412. The zero-order chi connectivity index (χ0) is 16.2. The summed E-state index contributed by atoms with van der Waals surface area (Å²) < 4.78 is 12.9. The van der Waals surface area contributed by atoms with E-state index in [1.165, 1.54) is 0 Å². The van der Waals surface area contributed by atoms with Gasteiger partial charge in [-0.1, -0.05) is 0 Å². The second kappa shape index (κ2) is 6.83. The SMILES string of the molecule is Cc1cc(NC(=O)c2ccc(OC[C@H]3CCCO3)cc2)n(C)n1. The summed E-state index contributed by atoms with van der Waals surface area (Å²) in [6.45, 7) is 3.26. The van der Waals surface area contributed by atoms with E-state index in [0.717, 1.165) is 30.9 Å². The first-order chi connectivity index (χ1) is 11.1. The summed E-state index contributed by atoms with van der Waals surface area (Å²) in [6, 6.07) is 8.94. The number of amides is 1. The molecule has 122 valence electrons. The van der Waals surface area contributed by atoms with Crippen molar-refractivity contribution in [2.75, 3.05) is 18.5 Å². The average molecular weight is 315 g/mol. The number of benzene rings is 1. The molecule has 6 nitrogen and oxygen atoms in total. The van der Waals surface area contributed by atoms with E-state index in [9.17, 15) is 4.79 Å². The van der Waals surface area contributed by atoms with Gasteiger partial charge in [-0.05, 0) is 44.0 Å². The maximum Gasteiger partial charge on any atom is 0.256 e. The number of carbonyl (C=O) groups is 1.